The van der Waals surface area contributed by atoms with Crippen LogP contribution in [0.3, 0.4) is 0 Å². The molecule has 21 heavy (non-hydrogen) atoms. The smallest absolute Gasteiger partial charge is 0.0547 e. The Hall–Kier alpha value is -0.930. The Morgan fingerprint density at radius 2 is 2.14 bits per heavy atom. The predicted octanol–water partition coefficient (Wildman–Crippen LogP) is 3.37. The molecule has 1 heterocycles. The molecule has 1 aromatic rings. The van der Waals surface area contributed by atoms with E-state index in [1.165, 1.54) is 19.3 Å². The second-order valence-electron chi connectivity index (χ2n) is 6.87. The number of nitrogens with zero attached hydrogens (tertiary/aromatic N) is 2. The molecule has 1 saturated carbocycles. The van der Waals surface area contributed by atoms with Crippen LogP contribution in [0.4, 0.5) is 0 Å². The first kappa shape index (κ1) is 16.4. The SMILES string of the molecule is CCN(Cc1cccc(C)n1)C1(CN)CCC(C)CC1C. The van der Waals surface area contributed by atoms with Gasteiger partial charge in [-0.05, 0) is 56.7 Å². The standard InChI is InChI=1S/C18H31N3/c1-5-21(12-17-8-6-7-16(4)20-17)18(13-19)10-9-14(2)11-15(18)3/h6-8,14-15H,5,9-13,19H2,1-4H3. The molecule has 0 aromatic carbocycles. The Bertz CT molecular complexity index is 460. The molecule has 3 heteroatoms. The normalized spacial score (nSPS) is 29.8. The molecule has 3 nitrogen and oxygen atoms in total. The van der Waals surface area contributed by atoms with Gasteiger partial charge in [-0.3, -0.25) is 9.88 Å². The van der Waals surface area contributed by atoms with E-state index in [2.05, 4.69) is 55.8 Å². The first-order valence-electron chi connectivity index (χ1n) is 8.39. The van der Waals surface area contributed by atoms with E-state index in [1.807, 2.05) is 0 Å². The van der Waals surface area contributed by atoms with Crippen molar-refractivity contribution in [1.29, 1.82) is 0 Å². The summed E-state index contributed by atoms with van der Waals surface area (Å²) in [5, 5.41) is 0. The highest BCUT2D eigenvalue weighted by atomic mass is 15.2. The number of nitrogens with two attached hydrogens (primary N) is 1. The molecule has 0 saturated heterocycles. The van der Waals surface area contributed by atoms with E-state index < -0.39 is 0 Å². The third-order valence-electron chi connectivity index (χ3n) is 5.41. The summed E-state index contributed by atoms with van der Waals surface area (Å²) in [4.78, 5) is 7.25. The van der Waals surface area contributed by atoms with Crippen molar-refractivity contribution in [2.75, 3.05) is 13.1 Å². The summed E-state index contributed by atoms with van der Waals surface area (Å²) in [5.41, 5.74) is 8.67. The summed E-state index contributed by atoms with van der Waals surface area (Å²) in [6.45, 7) is 11.8. The second-order valence-corrected chi connectivity index (χ2v) is 6.87. The molecule has 2 N–H and O–H groups in total. The molecule has 0 radical (unpaired) electrons. The summed E-state index contributed by atoms with van der Waals surface area (Å²) < 4.78 is 0. The molecule has 1 aliphatic rings. The highest BCUT2D eigenvalue weighted by Gasteiger charge is 2.43. The lowest BCUT2D eigenvalue weighted by Gasteiger charge is -2.51. The van der Waals surface area contributed by atoms with Crippen LogP contribution in [0.1, 0.15) is 51.4 Å². The summed E-state index contributed by atoms with van der Waals surface area (Å²) in [6.07, 6.45) is 3.79. The fraction of sp³-hybridized carbons (Fsp3) is 0.722. The Morgan fingerprint density at radius 1 is 1.38 bits per heavy atom. The maximum atomic E-state index is 6.27. The van der Waals surface area contributed by atoms with Crippen LogP contribution in [-0.4, -0.2) is 28.5 Å². The van der Waals surface area contributed by atoms with E-state index in [-0.39, 0.29) is 5.54 Å². The van der Waals surface area contributed by atoms with Crippen molar-refractivity contribution in [3.8, 4) is 0 Å². The van der Waals surface area contributed by atoms with Gasteiger partial charge in [0, 0.05) is 24.3 Å². The molecule has 0 spiro atoms. The number of aryl methyl sites for hydroxylation is 1. The van der Waals surface area contributed by atoms with Gasteiger partial charge < -0.3 is 5.73 Å². The first-order valence-corrected chi connectivity index (χ1v) is 8.39. The van der Waals surface area contributed by atoms with E-state index in [1.54, 1.807) is 0 Å². The van der Waals surface area contributed by atoms with E-state index in [9.17, 15) is 0 Å². The molecule has 3 unspecified atom stereocenters. The van der Waals surface area contributed by atoms with Gasteiger partial charge in [-0.2, -0.15) is 0 Å². The average Bonchev–Trinajstić information content (AvgIpc) is 2.46. The van der Waals surface area contributed by atoms with Gasteiger partial charge in [0.15, 0.2) is 0 Å². The predicted molar refractivity (Wildman–Crippen MR) is 89.0 cm³/mol. The third kappa shape index (κ3) is 3.46. The lowest BCUT2D eigenvalue weighted by Crippen LogP contribution is -2.59. The first-order chi connectivity index (χ1) is 10.0. The Labute approximate surface area is 129 Å². The molecule has 118 valence electrons. The van der Waals surface area contributed by atoms with Gasteiger partial charge in [0.05, 0.1) is 5.69 Å². The molecule has 1 fully saturated rings. The third-order valence-corrected chi connectivity index (χ3v) is 5.41. The summed E-state index contributed by atoms with van der Waals surface area (Å²) in [7, 11) is 0. The van der Waals surface area contributed by atoms with E-state index >= 15 is 0 Å². The molecule has 2 rings (SSSR count). The van der Waals surface area contributed by atoms with Crippen LogP contribution in [-0.2, 0) is 6.54 Å². The Balaban J connectivity index is 2.21. The summed E-state index contributed by atoms with van der Waals surface area (Å²) >= 11 is 0. The lowest BCUT2D eigenvalue weighted by molar-refractivity contribution is -0.00351. The fourth-order valence-electron chi connectivity index (χ4n) is 4.05. The maximum absolute atomic E-state index is 6.27. The molecule has 1 aromatic heterocycles. The molecule has 0 aliphatic heterocycles. The fourth-order valence-corrected chi connectivity index (χ4v) is 4.05. The Kier molecular flexibility index (Phi) is 5.39. The van der Waals surface area contributed by atoms with Gasteiger partial charge in [-0.1, -0.05) is 26.8 Å². The molecular formula is C18H31N3. The quantitative estimate of drug-likeness (QED) is 0.903. The van der Waals surface area contributed by atoms with Crippen LogP contribution in [0.15, 0.2) is 18.2 Å². The minimum atomic E-state index is 0.146. The van der Waals surface area contributed by atoms with Crippen molar-refractivity contribution >= 4 is 0 Å². The van der Waals surface area contributed by atoms with Gasteiger partial charge in [0.1, 0.15) is 0 Å². The van der Waals surface area contributed by atoms with Crippen molar-refractivity contribution < 1.29 is 0 Å². The van der Waals surface area contributed by atoms with Gasteiger partial charge in [0.25, 0.3) is 0 Å². The zero-order chi connectivity index (χ0) is 15.5. The number of rotatable bonds is 5. The number of hydrogen-bond acceptors (Lipinski definition) is 3. The van der Waals surface area contributed by atoms with Gasteiger partial charge in [-0.25, -0.2) is 0 Å². The van der Waals surface area contributed by atoms with Crippen LogP contribution in [0.2, 0.25) is 0 Å². The van der Waals surface area contributed by atoms with Gasteiger partial charge >= 0.3 is 0 Å². The topological polar surface area (TPSA) is 42.2 Å². The molecule has 0 bridgehead atoms. The minimum absolute atomic E-state index is 0.146. The second kappa shape index (κ2) is 6.89. The van der Waals surface area contributed by atoms with Crippen molar-refractivity contribution in [3.63, 3.8) is 0 Å². The van der Waals surface area contributed by atoms with E-state index in [4.69, 9.17) is 5.73 Å². The number of aromatic nitrogens is 1. The lowest BCUT2D eigenvalue weighted by atomic mass is 9.69. The largest absolute Gasteiger partial charge is 0.329 e. The number of hydrogen-bond donors (Lipinski definition) is 1. The molecule has 1 aliphatic carbocycles. The number of pyridine rings is 1. The van der Waals surface area contributed by atoms with Crippen LogP contribution >= 0.6 is 0 Å². The van der Waals surface area contributed by atoms with Crippen LogP contribution in [0, 0.1) is 18.8 Å². The maximum Gasteiger partial charge on any atom is 0.0547 e. The summed E-state index contributed by atoms with van der Waals surface area (Å²) in [6, 6.07) is 6.30. The zero-order valence-corrected chi connectivity index (χ0v) is 14.1. The van der Waals surface area contributed by atoms with E-state index in [0.29, 0.717) is 5.92 Å². The minimum Gasteiger partial charge on any atom is -0.329 e. The van der Waals surface area contributed by atoms with Crippen molar-refractivity contribution in [3.05, 3.63) is 29.6 Å². The van der Waals surface area contributed by atoms with Crippen molar-refractivity contribution in [1.82, 2.24) is 9.88 Å². The van der Waals surface area contributed by atoms with Gasteiger partial charge in [0.2, 0.25) is 0 Å². The van der Waals surface area contributed by atoms with Crippen molar-refractivity contribution in [2.24, 2.45) is 17.6 Å². The Morgan fingerprint density at radius 3 is 2.71 bits per heavy atom. The van der Waals surface area contributed by atoms with Gasteiger partial charge in [-0.15, -0.1) is 0 Å². The highest BCUT2D eigenvalue weighted by molar-refractivity contribution is 5.11. The summed E-state index contributed by atoms with van der Waals surface area (Å²) in [5.74, 6) is 1.48. The number of likely N-dealkylation sites (N-methyl/N-ethyl adjacent to an activating group) is 1. The van der Waals surface area contributed by atoms with Crippen molar-refractivity contribution in [2.45, 2.75) is 59.0 Å². The monoisotopic (exact) mass is 289 g/mol. The molecule has 3 atom stereocenters. The zero-order valence-electron chi connectivity index (χ0n) is 14.1. The van der Waals surface area contributed by atoms with Crippen LogP contribution < -0.4 is 5.73 Å². The highest BCUT2D eigenvalue weighted by Crippen LogP contribution is 2.40. The average molecular weight is 289 g/mol. The molecule has 0 amide bonds. The molecular weight excluding hydrogens is 258 g/mol. The van der Waals surface area contributed by atoms with E-state index in [0.717, 1.165) is 36.9 Å². The van der Waals surface area contributed by atoms with Crippen LogP contribution in [0.5, 0.6) is 0 Å². The van der Waals surface area contributed by atoms with Crippen LogP contribution in [0.25, 0.3) is 0 Å².